The Morgan fingerprint density at radius 3 is 0.522 bits per heavy atom. The summed E-state index contributed by atoms with van der Waals surface area (Å²) in [5.41, 5.74) is 1.32. The normalized spacial score (nSPS) is 10.1. The fraction of sp³-hybridized carbons (Fsp3) is 0.0233. The Morgan fingerprint density at radius 2 is 0.391 bits per heavy atom. The maximum Gasteiger partial charge on any atom is 0 e. The Bertz CT molecular complexity index is 1460. The van der Waals surface area contributed by atoms with Crippen LogP contribution in [0, 0.1) is 6.92 Å². The van der Waals surface area contributed by atoms with Gasteiger partial charge in [-0.3, -0.25) is 0 Å². The van der Waals surface area contributed by atoms with Crippen LogP contribution in [0.4, 0.5) is 0 Å². The van der Waals surface area contributed by atoms with Crippen molar-refractivity contribution >= 4 is 99.1 Å². The molecule has 0 amide bonds. The smallest absolute Gasteiger partial charge is 0 e. The number of benzene rings is 7. The molecule has 0 fully saturated rings. The molecular weight excluding hydrogens is 618 g/mol. The summed E-state index contributed by atoms with van der Waals surface area (Å²) in [6.07, 6.45) is 0. The predicted octanol–water partition coefficient (Wildman–Crippen LogP) is 8.50. The van der Waals surface area contributed by atoms with Crippen LogP contribution in [0.3, 0.4) is 0 Å². The summed E-state index contributed by atoms with van der Waals surface area (Å²) in [5.74, 6) is 0. The van der Waals surface area contributed by atoms with E-state index >= 15 is 0 Å². The van der Waals surface area contributed by atoms with Gasteiger partial charge in [0.15, 0.2) is 0 Å². The summed E-state index contributed by atoms with van der Waals surface area (Å²) in [6, 6.07) is 74.9. The first kappa shape index (κ1) is 35.9. The second-order valence-electron chi connectivity index (χ2n) is 10.3. The van der Waals surface area contributed by atoms with Crippen molar-refractivity contribution in [1.82, 2.24) is 0 Å². The summed E-state index contributed by atoms with van der Waals surface area (Å²) in [7, 11) is -0.892. The zero-order valence-electron chi connectivity index (χ0n) is 26.6. The molecule has 0 N–H and O–H groups in total. The summed E-state index contributed by atoms with van der Waals surface area (Å²) in [4.78, 5) is 0. The van der Waals surface area contributed by atoms with E-state index in [4.69, 9.17) is 0 Å². The van der Waals surface area contributed by atoms with E-state index in [0.717, 1.165) is 0 Å². The molecule has 0 aliphatic carbocycles. The van der Waals surface area contributed by atoms with E-state index < -0.39 is 15.8 Å². The molecule has 1 radical (unpaired) electrons. The first-order valence-electron chi connectivity index (χ1n) is 15.2. The molecule has 0 bridgehead atoms. The van der Waals surface area contributed by atoms with E-state index in [2.05, 4.69) is 201 Å². The van der Waals surface area contributed by atoms with Crippen LogP contribution in [0.5, 0.6) is 0 Å². The molecule has 7 rings (SSSR count). The van der Waals surface area contributed by atoms with Gasteiger partial charge in [-0.25, -0.2) is 0 Å². The molecule has 0 aliphatic heterocycles. The number of aryl methyl sites for hydroxylation is 1. The average molecular weight is 656 g/mol. The molecule has 0 nitrogen and oxygen atoms in total. The van der Waals surface area contributed by atoms with Crippen LogP contribution < -0.4 is 31.8 Å². The third kappa shape index (κ3) is 11.1. The minimum atomic E-state index is -0.446. The molecule has 46 heavy (non-hydrogen) atoms. The third-order valence-electron chi connectivity index (χ3n) is 7.03. The maximum absolute atomic E-state index is 2.23. The molecule has 0 spiro atoms. The Labute approximate surface area is 320 Å². The number of rotatable bonds is 6. The third-order valence-corrected chi connectivity index (χ3v) is 11.9. The van der Waals surface area contributed by atoms with Gasteiger partial charge in [-0.05, 0) is 54.6 Å². The largest absolute Gasteiger partial charge is 0.0622 e. The van der Waals surface area contributed by atoms with Gasteiger partial charge in [0.2, 0.25) is 0 Å². The van der Waals surface area contributed by atoms with Gasteiger partial charge in [-0.1, -0.05) is 218 Å². The number of hydrogen-bond acceptors (Lipinski definition) is 0. The van der Waals surface area contributed by atoms with Crippen LogP contribution in [0.25, 0.3) is 0 Å². The van der Waals surface area contributed by atoms with Crippen molar-refractivity contribution in [1.29, 1.82) is 0 Å². The minimum Gasteiger partial charge on any atom is -0.0622 e. The second-order valence-corrected chi connectivity index (χ2v) is 14.8. The van der Waals surface area contributed by atoms with Crippen molar-refractivity contribution in [3.63, 3.8) is 0 Å². The Hall–Kier alpha value is -2.96. The molecule has 7 aromatic rings. The zero-order valence-corrected chi connectivity index (χ0v) is 31.5. The van der Waals surface area contributed by atoms with Gasteiger partial charge in [0, 0.05) is 51.4 Å². The zero-order chi connectivity index (χ0) is 30.9. The van der Waals surface area contributed by atoms with Gasteiger partial charge in [-0.15, -0.1) is 0 Å². The molecule has 0 aromatic heterocycles. The van der Waals surface area contributed by atoms with Crippen molar-refractivity contribution in [2.45, 2.75) is 6.92 Å². The molecule has 3 heteroatoms. The monoisotopic (exact) mass is 655 g/mol. The molecule has 0 saturated carbocycles. The van der Waals surface area contributed by atoms with Crippen molar-refractivity contribution < 1.29 is 0 Å². The van der Waals surface area contributed by atoms with Gasteiger partial charge < -0.3 is 0 Å². The topological polar surface area (TPSA) is 0 Å². The van der Waals surface area contributed by atoms with E-state index in [0.29, 0.717) is 0 Å². The summed E-state index contributed by atoms with van der Waals surface area (Å²) in [6.45, 7) is 2.08. The summed E-state index contributed by atoms with van der Waals surface area (Å²) < 4.78 is 0. The van der Waals surface area contributed by atoms with Gasteiger partial charge in [0.05, 0.1) is 0 Å². The molecule has 0 atom stereocenters. The molecule has 0 heterocycles. The number of hydrogen-bond donors (Lipinski definition) is 0. The van der Waals surface area contributed by atoms with Gasteiger partial charge in [-0.2, -0.15) is 0 Å². The average Bonchev–Trinajstić information content (AvgIpc) is 3.12. The summed E-state index contributed by atoms with van der Waals surface area (Å²) >= 11 is 0. The van der Waals surface area contributed by atoms with Crippen LogP contribution in [-0.4, -0.2) is 51.4 Å². The van der Waals surface area contributed by atoms with Crippen LogP contribution >= 0.6 is 15.8 Å². The fourth-order valence-electron chi connectivity index (χ4n) is 4.89. The summed E-state index contributed by atoms with van der Waals surface area (Å²) in [5, 5.41) is 8.39. The van der Waals surface area contributed by atoms with Crippen molar-refractivity contribution in [2.75, 3.05) is 0 Å². The second kappa shape index (κ2) is 20.3. The van der Waals surface area contributed by atoms with Crippen LogP contribution in [0.1, 0.15) is 5.56 Å². The van der Waals surface area contributed by atoms with E-state index in [1.54, 1.807) is 0 Å². The van der Waals surface area contributed by atoms with E-state index in [1.807, 2.05) is 18.2 Å². The Balaban J connectivity index is 0.000000170. The molecule has 7 aromatic carbocycles. The standard InChI is InChI=1S/2C18H15P.C7H8.K/c2*1-4-10-16(11-5-1)19(17-12-6-2-7-13-17)18-14-8-3-9-15-18;1-7-5-3-2-4-6-7;/h2*1-15H;2-6H,1H3;. The molecule has 0 saturated heterocycles. The quantitative estimate of drug-likeness (QED) is 0.125. The van der Waals surface area contributed by atoms with Crippen LogP contribution in [-0.2, 0) is 0 Å². The van der Waals surface area contributed by atoms with Crippen LogP contribution in [0.15, 0.2) is 212 Å². The molecule has 221 valence electrons. The van der Waals surface area contributed by atoms with Crippen molar-refractivity contribution in [3.05, 3.63) is 218 Å². The Kier molecular flexibility index (Phi) is 15.8. The molecular formula is C43H38KP2. The van der Waals surface area contributed by atoms with Crippen molar-refractivity contribution in [3.8, 4) is 0 Å². The van der Waals surface area contributed by atoms with E-state index in [1.165, 1.54) is 37.4 Å². The Morgan fingerprint density at radius 1 is 0.239 bits per heavy atom. The first-order valence-corrected chi connectivity index (χ1v) is 17.9. The van der Waals surface area contributed by atoms with E-state index in [9.17, 15) is 0 Å². The van der Waals surface area contributed by atoms with Crippen molar-refractivity contribution in [2.24, 2.45) is 0 Å². The maximum atomic E-state index is 2.23. The fourth-order valence-corrected chi connectivity index (χ4v) is 9.50. The SMILES string of the molecule is Cc1ccccc1.[K].c1ccc(P(c2ccccc2)c2ccccc2)cc1.c1ccc(P(c2ccccc2)c2ccccc2)cc1. The van der Waals surface area contributed by atoms with Gasteiger partial charge in [0.25, 0.3) is 0 Å². The first-order chi connectivity index (χ1) is 22.3. The molecule has 0 unspecified atom stereocenters. The van der Waals surface area contributed by atoms with Gasteiger partial charge >= 0.3 is 0 Å². The van der Waals surface area contributed by atoms with Crippen LogP contribution in [0.2, 0.25) is 0 Å². The minimum absolute atomic E-state index is 0. The predicted molar refractivity (Wildman–Crippen MR) is 207 cm³/mol. The van der Waals surface area contributed by atoms with Gasteiger partial charge in [0.1, 0.15) is 0 Å². The van der Waals surface area contributed by atoms with E-state index in [-0.39, 0.29) is 51.4 Å². The molecule has 0 aliphatic rings.